The fraction of sp³-hybridized carbons (Fsp3) is 0.577. The van der Waals surface area contributed by atoms with E-state index in [-0.39, 0.29) is 58.9 Å². The molecule has 2 aliphatic rings. The quantitative estimate of drug-likeness (QED) is 0.0581. The van der Waals surface area contributed by atoms with Gasteiger partial charge < -0.3 is 50.9 Å². The molecule has 2 amide bonds. The number of thioether (sulfide) groups is 2. The first-order valence-corrected chi connectivity index (χ1v) is 22.3. The number of nitrogen functional groups attached to an aromatic ring is 1. The van der Waals surface area contributed by atoms with Crippen molar-refractivity contribution in [2.75, 3.05) is 37.8 Å². The second-order valence-corrected chi connectivity index (χ2v) is 18.9. The number of amides is 2. The lowest BCUT2D eigenvalue weighted by Crippen LogP contribution is -2.46. The van der Waals surface area contributed by atoms with Gasteiger partial charge in [0.05, 0.1) is 24.4 Å². The minimum Gasteiger partial charge on any atom is -0.386 e. The number of carbonyl (C=O) groups excluding carboxylic acids is 4. The molecule has 0 aliphatic carbocycles. The first kappa shape index (κ1) is 46.0. The second-order valence-electron chi connectivity index (χ2n) is 12.5. The van der Waals surface area contributed by atoms with Crippen LogP contribution in [0.1, 0.15) is 32.9 Å². The molecular weight excluding hydrogens is 855 g/mol. The Labute approximate surface area is 324 Å². The fourth-order valence-electron chi connectivity index (χ4n) is 4.85. The first-order valence-electron chi connectivity index (χ1n) is 16.0. The van der Waals surface area contributed by atoms with Gasteiger partial charge in [0.1, 0.15) is 36.3 Å². The molecule has 10 N–H and O–H groups in total. The zero-order valence-electron chi connectivity index (χ0n) is 29.2. The number of phosphoric ester groups is 3. The molecule has 4 heterocycles. The van der Waals surface area contributed by atoms with Gasteiger partial charge in [-0.2, -0.15) is 4.31 Å². The van der Waals surface area contributed by atoms with Gasteiger partial charge in [-0.05, 0) is 11.8 Å². The number of fused-ring (bicyclic) bond motifs is 1. The zero-order chi connectivity index (χ0) is 41.6. The van der Waals surface area contributed by atoms with Crippen LogP contribution in [0.3, 0.4) is 0 Å². The number of hydrogen-bond acceptors (Lipinski definition) is 20. The van der Waals surface area contributed by atoms with Gasteiger partial charge in [-0.1, -0.05) is 31.7 Å². The number of allylic oxidation sites excluding steroid dienone is 1. The molecule has 312 valence electrons. The number of anilines is 1. The Balaban J connectivity index is 1.23. The van der Waals surface area contributed by atoms with E-state index in [2.05, 4.69) is 34.4 Å². The van der Waals surface area contributed by atoms with Crippen molar-refractivity contribution in [3.8, 4) is 0 Å². The van der Waals surface area contributed by atoms with Crippen molar-refractivity contribution in [2.24, 2.45) is 5.41 Å². The molecule has 7 atom stereocenters. The molecule has 0 saturated carbocycles. The third-order valence-corrected chi connectivity index (χ3v) is 12.7. The molecule has 2 aromatic heterocycles. The molecule has 1 saturated heterocycles. The molecule has 25 nitrogen and oxygen atoms in total. The molecule has 56 heavy (non-hydrogen) atoms. The van der Waals surface area contributed by atoms with Crippen LogP contribution in [-0.4, -0.2) is 128 Å². The molecule has 2 aromatic rings. The van der Waals surface area contributed by atoms with Gasteiger partial charge in [-0.3, -0.25) is 37.3 Å². The number of rotatable bonds is 20. The van der Waals surface area contributed by atoms with Crippen LogP contribution < -0.4 is 16.4 Å². The first-order chi connectivity index (χ1) is 26.0. The van der Waals surface area contributed by atoms with Crippen molar-refractivity contribution < 1.29 is 85.3 Å². The molecule has 4 rings (SSSR count). The van der Waals surface area contributed by atoms with Crippen LogP contribution in [0.15, 0.2) is 23.6 Å². The van der Waals surface area contributed by atoms with Gasteiger partial charge in [0, 0.05) is 37.1 Å². The maximum atomic E-state index is 12.7. The van der Waals surface area contributed by atoms with Crippen molar-refractivity contribution >= 4 is 86.0 Å². The number of imidazole rings is 1. The Morgan fingerprint density at radius 1 is 1.11 bits per heavy atom. The van der Waals surface area contributed by atoms with Crippen LogP contribution in [0, 0.1) is 5.41 Å². The molecule has 2 aliphatic heterocycles. The molecule has 30 heteroatoms. The molecule has 0 spiro atoms. The Kier molecular flexibility index (Phi) is 15.6. The van der Waals surface area contributed by atoms with E-state index in [0.717, 1.165) is 40.7 Å². The van der Waals surface area contributed by atoms with Gasteiger partial charge in [-0.15, -0.1) is 0 Å². The van der Waals surface area contributed by atoms with Crippen LogP contribution in [0.25, 0.3) is 11.2 Å². The van der Waals surface area contributed by atoms with Crippen molar-refractivity contribution in [2.45, 2.75) is 57.3 Å². The van der Waals surface area contributed by atoms with E-state index in [0.29, 0.717) is 4.91 Å². The zero-order valence-corrected chi connectivity index (χ0v) is 33.5. The van der Waals surface area contributed by atoms with Gasteiger partial charge in [0.25, 0.3) is 0 Å². The highest BCUT2D eigenvalue weighted by Gasteiger charge is 2.50. The topological polar surface area (TPSA) is 381 Å². The number of nitrogens with two attached hydrogens (primary N) is 1. The Bertz CT molecular complexity index is 1980. The van der Waals surface area contributed by atoms with E-state index < -0.39 is 84.6 Å². The summed E-state index contributed by atoms with van der Waals surface area (Å²) in [5, 5.41) is 25.9. The predicted octanol–water partition coefficient (Wildman–Crippen LogP) is -0.788. The Morgan fingerprint density at radius 2 is 1.80 bits per heavy atom. The van der Waals surface area contributed by atoms with Crippen molar-refractivity contribution in [1.29, 1.82) is 0 Å². The number of aliphatic hydroxyl groups excluding tert-OH is 2. The summed E-state index contributed by atoms with van der Waals surface area (Å²) in [5.41, 5.74) is 4.22. The molecule has 0 radical (unpaired) electrons. The average Bonchev–Trinajstić information content (AvgIpc) is 3.81. The Hall–Kier alpha value is -2.68. The van der Waals surface area contributed by atoms with E-state index in [1.165, 1.54) is 19.9 Å². The molecule has 2 unspecified atom stereocenters. The van der Waals surface area contributed by atoms with Crippen LogP contribution in [-0.2, 0) is 55.5 Å². The van der Waals surface area contributed by atoms with Crippen molar-refractivity contribution in [1.82, 2.24) is 30.2 Å². The van der Waals surface area contributed by atoms with Crippen LogP contribution in [0.2, 0.25) is 0 Å². The number of ether oxygens (including phenoxy) is 1. The fourth-order valence-corrected chi connectivity index (χ4v) is 9.26. The summed E-state index contributed by atoms with van der Waals surface area (Å²) in [4.78, 5) is 99.1. The summed E-state index contributed by atoms with van der Waals surface area (Å²) in [6.45, 7) is 0.318. The summed E-state index contributed by atoms with van der Waals surface area (Å²) in [7, 11) is -16.4. The lowest BCUT2D eigenvalue weighted by Gasteiger charge is -2.30. The summed E-state index contributed by atoms with van der Waals surface area (Å²) >= 11 is 1.79. The monoisotopic (exact) mass is 893 g/mol. The number of carbonyl (C=O) groups is 4. The SMILES string of the molecule is CC(C)(COP(=O)(O)OP(=O)(O)OC[C@H]1O[C@@H](n2cnc3c(N)ncnc32)[C@H](O)[C@@H]1OP(=O)(O)O)[C@@H](O)C(=O)NCCC(=O)NCCSC(=O)C1=CCC(=O)S1. The maximum absolute atomic E-state index is 12.7. The summed E-state index contributed by atoms with van der Waals surface area (Å²) in [6.07, 6.45) is -5.29. The van der Waals surface area contributed by atoms with Gasteiger partial charge >= 0.3 is 23.5 Å². The summed E-state index contributed by atoms with van der Waals surface area (Å²) < 4.78 is 62.0. The highest BCUT2D eigenvalue weighted by Crippen LogP contribution is 2.61. The number of nitrogens with one attached hydrogen (secondary N) is 2. The lowest BCUT2D eigenvalue weighted by atomic mass is 9.87. The van der Waals surface area contributed by atoms with Crippen molar-refractivity contribution in [3.63, 3.8) is 0 Å². The lowest BCUT2D eigenvalue weighted by molar-refractivity contribution is -0.137. The maximum Gasteiger partial charge on any atom is 0.481 e. The predicted molar refractivity (Wildman–Crippen MR) is 192 cm³/mol. The van der Waals surface area contributed by atoms with E-state index >= 15 is 0 Å². The van der Waals surface area contributed by atoms with Gasteiger partial charge in [0.2, 0.25) is 16.9 Å². The van der Waals surface area contributed by atoms with Gasteiger partial charge in [0.15, 0.2) is 22.8 Å². The minimum absolute atomic E-state index is 0.0242. The highest BCUT2D eigenvalue weighted by atomic mass is 32.2. The van der Waals surface area contributed by atoms with Crippen molar-refractivity contribution in [3.05, 3.63) is 23.6 Å². The second kappa shape index (κ2) is 18.9. The number of aromatic nitrogens is 4. The summed E-state index contributed by atoms with van der Waals surface area (Å²) in [6, 6.07) is 0. The Morgan fingerprint density at radius 3 is 2.46 bits per heavy atom. The molecule has 1 fully saturated rings. The minimum atomic E-state index is -5.58. The van der Waals surface area contributed by atoms with Crippen LogP contribution in [0.4, 0.5) is 5.82 Å². The third kappa shape index (κ3) is 12.9. The molecular formula is C26H38N7O18P3S2. The van der Waals surface area contributed by atoms with Crippen LogP contribution in [0.5, 0.6) is 0 Å². The number of nitrogens with zero attached hydrogens (tertiary/aromatic N) is 4. The van der Waals surface area contributed by atoms with E-state index in [4.69, 9.17) is 19.5 Å². The largest absolute Gasteiger partial charge is 0.481 e. The number of phosphoric acid groups is 3. The highest BCUT2D eigenvalue weighted by molar-refractivity contribution is 8.22. The van der Waals surface area contributed by atoms with E-state index in [1.54, 1.807) is 0 Å². The van der Waals surface area contributed by atoms with Gasteiger partial charge in [-0.25, -0.2) is 28.6 Å². The number of hydrogen-bond donors (Lipinski definition) is 9. The smallest absolute Gasteiger partial charge is 0.386 e. The molecule has 0 aromatic carbocycles. The average molecular weight is 894 g/mol. The normalized spacial score (nSPS) is 23.0. The van der Waals surface area contributed by atoms with Crippen LogP contribution >= 0.6 is 47.0 Å². The standard InChI is InChI=1S/C26H38N7O18P3S2/c1-26(2,20(37)23(38)29-6-5-15(34)28-7-8-55-25(39)14-3-4-16(35)56-14)10-48-54(45,46)51-53(43,44)47-9-13-19(50-52(40,41)42)18(36)24(49-13)33-12-32-17-21(27)30-11-31-22(17)33/h3,11-13,18-20,24,36-37H,4-10H2,1-2H3,(H,28,34)(H,29,38)(H,43,44)(H,45,46)(H2,27,30,31)(H2,40,41,42)/t13-,18-,19-,20+,24-/m1/s1. The molecule has 0 bridgehead atoms. The third-order valence-electron chi connectivity index (χ3n) is 7.61. The summed E-state index contributed by atoms with van der Waals surface area (Å²) in [5.74, 6) is -1.30. The van der Waals surface area contributed by atoms with E-state index in [1.807, 2.05) is 0 Å². The van der Waals surface area contributed by atoms with E-state index in [9.17, 15) is 62.7 Å². The number of aliphatic hydroxyl groups is 2.